The summed E-state index contributed by atoms with van der Waals surface area (Å²) >= 11 is 0. The highest BCUT2D eigenvalue weighted by Gasteiger charge is 2.13. The van der Waals surface area contributed by atoms with Crippen LogP contribution in [0.3, 0.4) is 0 Å². The average Bonchev–Trinajstić information content (AvgIpc) is 2.61. The normalized spacial score (nSPS) is 10.7. The Kier molecular flexibility index (Phi) is 6.02. The van der Waals surface area contributed by atoms with Crippen LogP contribution < -0.4 is 5.32 Å². The monoisotopic (exact) mass is 338 g/mol. The summed E-state index contributed by atoms with van der Waals surface area (Å²) in [6, 6.07) is 14.1. The van der Waals surface area contributed by atoms with Gasteiger partial charge < -0.3 is 10.1 Å². The van der Waals surface area contributed by atoms with Crippen molar-refractivity contribution in [3.8, 4) is 6.07 Å². The molecule has 0 saturated carbocycles. The van der Waals surface area contributed by atoms with Gasteiger partial charge in [-0.25, -0.2) is 9.18 Å². The lowest BCUT2D eigenvalue weighted by Crippen LogP contribution is -2.21. The van der Waals surface area contributed by atoms with E-state index in [9.17, 15) is 14.0 Å². The van der Waals surface area contributed by atoms with E-state index in [1.807, 2.05) is 19.1 Å². The van der Waals surface area contributed by atoms with Crippen LogP contribution in [0.1, 0.15) is 11.1 Å². The van der Waals surface area contributed by atoms with Crippen LogP contribution in [0.15, 0.2) is 54.1 Å². The molecule has 25 heavy (non-hydrogen) atoms. The molecule has 0 unspecified atom stereocenters. The summed E-state index contributed by atoms with van der Waals surface area (Å²) in [4.78, 5) is 23.6. The molecule has 0 bridgehead atoms. The Labute approximate surface area is 144 Å². The van der Waals surface area contributed by atoms with Gasteiger partial charge in [-0.1, -0.05) is 29.8 Å². The predicted octanol–water partition coefficient (Wildman–Crippen LogP) is 3.22. The third-order valence-corrected chi connectivity index (χ3v) is 3.19. The zero-order valence-electron chi connectivity index (χ0n) is 13.5. The van der Waals surface area contributed by atoms with Gasteiger partial charge in [0.2, 0.25) is 0 Å². The van der Waals surface area contributed by atoms with Gasteiger partial charge in [0, 0.05) is 5.69 Å². The first kappa shape index (κ1) is 17.9. The third kappa shape index (κ3) is 5.59. The lowest BCUT2D eigenvalue weighted by Gasteiger charge is -2.06. The molecule has 0 aliphatic rings. The Bertz CT molecular complexity index is 834. The largest absolute Gasteiger partial charge is 0.451 e. The number of carbonyl (C=O) groups excluding carboxylic acids is 2. The van der Waals surface area contributed by atoms with Gasteiger partial charge in [-0.2, -0.15) is 5.26 Å². The summed E-state index contributed by atoms with van der Waals surface area (Å²) < 4.78 is 17.6. The number of carbonyl (C=O) groups is 2. The minimum Gasteiger partial charge on any atom is -0.451 e. The first-order valence-electron chi connectivity index (χ1n) is 7.39. The molecular formula is C19H15FN2O3. The molecule has 2 aromatic carbocycles. The van der Waals surface area contributed by atoms with Gasteiger partial charge in [-0.15, -0.1) is 0 Å². The van der Waals surface area contributed by atoms with Gasteiger partial charge in [-0.3, -0.25) is 4.79 Å². The second kappa shape index (κ2) is 8.41. The molecule has 0 aliphatic heterocycles. The minimum absolute atomic E-state index is 0.210. The van der Waals surface area contributed by atoms with E-state index >= 15 is 0 Å². The Morgan fingerprint density at radius 2 is 1.80 bits per heavy atom. The van der Waals surface area contributed by atoms with Crippen molar-refractivity contribution in [1.29, 1.82) is 5.26 Å². The number of ether oxygens (including phenoxy) is 1. The van der Waals surface area contributed by atoms with Crippen LogP contribution in [-0.2, 0) is 14.3 Å². The van der Waals surface area contributed by atoms with Gasteiger partial charge in [0.05, 0.1) is 0 Å². The van der Waals surface area contributed by atoms with Crippen LogP contribution in [0.25, 0.3) is 6.08 Å². The quantitative estimate of drug-likeness (QED) is 0.516. The summed E-state index contributed by atoms with van der Waals surface area (Å²) in [7, 11) is 0. The van der Waals surface area contributed by atoms with E-state index in [1.54, 1.807) is 18.2 Å². The summed E-state index contributed by atoms with van der Waals surface area (Å²) in [6.45, 7) is 1.37. The smallest absolute Gasteiger partial charge is 0.349 e. The van der Waals surface area contributed by atoms with Gasteiger partial charge in [0.1, 0.15) is 17.5 Å². The fourth-order valence-electron chi connectivity index (χ4n) is 1.91. The van der Waals surface area contributed by atoms with E-state index in [4.69, 9.17) is 10.00 Å². The number of hydrogen-bond donors (Lipinski definition) is 1. The summed E-state index contributed by atoms with van der Waals surface area (Å²) in [6.07, 6.45) is 1.39. The molecule has 0 fully saturated rings. The molecule has 5 nitrogen and oxygen atoms in total. The Balaban J connectivity index is 1.93. The van der Waals surface area contributed by atoms with Crippen molar-refractivity contribution in [1.82, 2.24) is 0 Å². The van der Waals surface area contributed by atoms with Crippen molar-refractivity contribution >= 4 is 23.6 Å². The van der Waals surface area contributed by atoms with Crippen LogP contribution in [0, 0.1) is 24.1 Å². The lowest BCUT2D eigenvalue weighted by molar-refractivity contribution is -0.142. The molecule has 2 rings (SSSR count). The summed E-state index contributed by atoms with van der Waals surface area (Å²) in [5, 5.41) is 11.5. The van der Waals surface area contributed by atoms with Crippen molar-refractivity contribution in [2.75, 3.05) is 11.9 Å². The molecular weight excluding hydrogens is 323 g/mol. The number of amides is 1. The number of hydrogen-bond acceptors (Lipinski definition) is 4. The molecule has 126 valence electrons. The number of anilines is 1. The molecule has 0 heterocycles. The Morgan fingerprint density at radius 1 is 1.16 bits per heavy atom. The standard InChI is InChI=1S/C19H15FN2O3/c1-13-2-4-14(5-3-13)10-15(11-21)19(24)25-12-18(23)22-17-8-6-16(20)7-9-17/h2-10H,12H2,1H3,(H,22,23)/b15-10+. The lowest BCUT2D eigenvalue weighted by atomic mass is 10.1. The molecule has 6 heteroatoms. The van der Waals surface area contributed by atoms with Crippen LogP contribution in [-0.4, -0.2) is 18.5 Å². The molecule has 1 N–H and O–H groups in total. The fraction of sp³-hybridized carbons (Fsp3) is 0.105. The van der Waals surface area contributed by atoms with E-state index in [1.165, 1.54) is 30.3 Å². The zero-order valence-corrected chi connectivity index (χ0v) is 13.5. The highest BCUT2D eigenvalue weighted by atomic mass is 19.1. The topological polar surface area (TPSA) is 79.2 Å². The minimum atomic E-state index is -0.891. The van der Waals surface area contributed by atoms with Gasteiger partial charge >= 0.3 is 5.97 Å². The van der Waals surface area contributed by atoms with Gasteiger partial charge in [0.15, 0.2) is 6.61 Å². The van der Waals surface area contributed by atoms with Crippen LogP contribution in [0.4, 0.5) is 10.1 Å². The van der Waals surface area contributed by atoms with Crippen LogP contribution in [0.2, 0.25) is 0 Å². The Hall–Kier alpha value is -3.46. The van der Waals surface area contributed by atoms with E-state index in [0.29, 0.717) is 11.3 Å². The number of halogens is 1. The maximum atomic E-state index is 12.8. The Morgan fingerprint density at radius 3 is 2.40 bits per heavy atom. The number of rotatable bonds is 5. The van der Waals surface area contributed by atoms with Gasteiger partial charge in [0.25, 0.3) is 5.91 Å². The number of nitrogens with one attached hydrogen (secondary N) is 1. The predicted molar refractivity (Wildman–Crippen MR) is 90.8 cm³/mol. The molecule has 0 atom stereocenters. The van der Waals surface area contributed by atoms with Crippen molar-refractivity contribution < 1.29 is 18.7 Å². The molecule has 0 aromatic heterocycles. The van der Waals surface area contributed by atoms with E-state index in [0.717, 1.165) is 5.56 Å². The van der Waals surface area contributed by atoms with Crippen LogP contribution in [0.5, 0.6) is 0 Å². The van der Waals surface area contributed by atoms with Crippen molar-refractivity contribution in [3.05, 3.63) is 71.0 Å². The number of benzene rings is 2. The first-order chi connectivity index (χ1) is 12.0. The van der Waals surface area contributed by atoms with Crippen molar-refractivity contribution in [3.63, 3.8) is 0 Å². The van der Waals surface area contributed by atoms with Crippen LogP contribution >= 0.6 is 0 Å². The van der Waals surface area contributed by atoms with E-state index < -0.39 is 24.3 Å². The van der Waals surface area contributed by atoms with Gasteiger partial charge in [-0.05, 0) is 42.8 Å². The number of aryl methyl sites for hydroxylation is 1. The van der Waals surface area contributed by atoms with Crippen molar-refractivity contribution in [2.24, 2.45) is 0 Å². The SMILES string of the molecule is Cc1ccc(/C=C(\C#N)C(=O)OCC(=O)Nc2ccc(F)cc2)cc1. The molecule has 0 aliphatic carbocycles. The molecule has 0 spiro atoms. The number of nitrogens with zero attached hydrogens (tertiary/aromatic N) is 1. The third-order valence-electron chi connectivity index (χ3n) is 3.19. The molecule has 2 aromatic rings. The molecule has 0 saturated heterocycles. The summed E-state index contributed by atoms with van der Waals surface area (Å²) in [5.41, 5.74) is 1.89. The fourth-order valence-corrected chi connectivity index (χ4v) is 1.91. The van der Waals surface area contributed by atoms with Crippen molar-refractivity contribution in [2.45, 2.75) is 6.92 Å². The molecule has 1 amide bonds. The maximum Gasteiger partial charge on any atom is 0.349 e. The second-order valence-corrected chi connectivity index (χ2v) is 5.21. The highest BCUT2D eigenvalue weighted by molar-refractivity contribution is 6.00. The van der Waals surface area contributed by atoms with E-state index in [-0.39, 0.29) is 5.57 Å². The maximum absolute atomic E-state index is 12.8. The number of nitriles is 1. The summed E-state index contributed by atoms with van der Waals surface area (Å²) in [5.74, 6) is -1.91. The average molecular weight is 338 g/mol. The highest BCUT2D eigenvalue weighted by Crippen LogP contribution is 2.10. The number of esters is 1. The molecule has 0 radical (unpaired) electrons. The second-order valence-electron chi connectivity index (χ2n) is 5.21. The first-order valence-corrected chi connectivity index (χ1v) is 7.39. The van der Waals surface area contributed by atoms with E-state index in [2.05, 4.69) is 5.32 Å². The zero-order chi connectivity index (χ0) is 18.2.